The van der Waals surface area contributed by atoms with Crippen molar-refractivity contribution in [2.24, 2.45) is 0 Å². The molecule has 2 N–H and O–H groups in total. The number of nitrogens with zero attached hydrogens (tertiary/aromatic N) is 2. The lowest BCUT2D eigenvalue weighted by molar-refractivity contribution is -0.127. The number of amides is 2. The van der Waals surface area contributed by atoms with Crippen molar-refractivity contribution in [2.75, 3.05) is 19.6 Å². The highest BCUT2D eigenvalue weighted by atomic mass is 16.2. The van der Waals surface area contributed by atoms with Gasteiger partial charge in [0.25, 0.3) is 5.91 Å². The summed E-state index contributed by atoms with van der Waals surface area (Å²) in [6, 6.07) is 11.6. The molecule has 0 radical (unpaired) electrons. The van der Waals surface area contributed by atoms with Crippen LogP contribution in [0.1, 0.15) is 29.6 Å². The minimum Gasteiger partial charge on any atom is -0.352 e. The van der Waals surface area contributed by atoms with E-state index in [1.54, 1.807) is 6.20 Å². The molecule has 27 heavy (non-hydrogen) atoms. The highest BCUT2D eigenvalue weighted by Crippen LogP contribution is 2.27. The van der Waals surface area contributed by atoms with Gasteiger partial charge in [0.15, 0.2) is 0 Å². The van der Waals surface area contributed by atoms with E-state index in [2.05, 4.69) is 15.3 Å². The lowest BCUT2D eigenvalue weighted by atomic mass is 10.0. The molecule has 1 saturated heterocycles. The Morgan fingerprint density at radius 2 is 2.19 bits per heavy atom. The Kier molecular flexibility index (Phi) is 4.87. The maximum absolute atomic E-state index is 12.5. The van der Waals surface area contributed by atoms with Crippen molar-refractivity contribution < 1.29 is 9.59 Å². The third-order valence-corrected chi connectivity index (χ3v) is 4.96. The second-order valence-corrected chi connectivity index (χ2v) is 6.77. The number of aromatic nitrogens is 2. The average molecular weight is 362 g/mol. The Morgan fingerprint density at radius 1 is 1.26 bits per heavy atom. The molecular weight excluding hydrogens is 340 g/mol. The molecule has 2 aromatic heterocycles. The SMILES string of the molecule is O=C(NCCCN1CCCC1=O)c1cccc(-c2ccnc3[nH]ccc23)c1. The van der Waals surface area contributed by atoms with Crippen molar-refractivity contribution in [3.63, 3.8) is 0 Å². The van der Waals surface area contributed by atoms with Crippen LogP contribution in [0.5, 0.6) is 0 Å². The number of H-pyrrole nitrogens is 1. The summed E-state index contributed by atoms with van der Waals surface area (Å²) in [7, 11) is 0. The lowest BCUT2D eigenvalue weighted by Gasteiger charge is -2.15. The minimum absolute atomic E-state index is 0.0935. The molecule has 4 rings (SSSR count). The van der Waals surface area contributed by atoms with Gasteiger partial charge in [-0.2, -0.15) is 0 Å². The summed E-state index contributed by atoms with van der Waals surface area (Å²) >= 11 is 0. The van der Waals surface area contributed by atoms with E-state index in [1.807, 2.05) is 47.5 Å². The van der Waals surface area contributed by atoms with Crippen LogP contribution in [0.3, 0.4) is 0 Å². The van der Waals surface area contributed by atoms with Gasteiger partial charge in [0.05, 0.1) is 0 Å². The average Bonchev–Trinajstić information content (AvgIpc) is 3.33. The Morgan fingerprint density at radius 3 is 3.04 bits per heavy atom. The lowest BCUT2D eigenvalue weighted by Crippen LogP contribution is -2.30. The van der Waals surface area contributed by atoms with Crippen LogP contribution in [0.25, 0.3) is 22.2 Å². The summed E-state index contributed by atoms with van der Waals surface area (Å²) in [5.74, 6) is 0.131. The minimum atomic E-state index is -0.0935. The summed E-state index contributed by atoms with van der Waals surface area (Å²) in [5, 5.41) is 3.99. The van der Waals surface area contributed by atoms with Crippen molar-refractivity contribution in [3.05, 3.63) is 54.4 Å². The Balaban J connectivity index is 1.40. The summed E-state index contributed by atoms with van der Waals surface area (Å²) in [4.78, 5) is 33.4. The Bertz CT molecular complexity index is 979. The molecule has 3 heterocycles. The molecule has 138 valence electrons. The van der Waals surface area contributed by atoms with Gasteiger partial charge in [-0.3, -0.25) is 9.59 Å². The van der Waals surface area contributed by atoms with E-state index in [4.69, 9.17) is 0 Å². The highest BCUT2D eigenvalue weighted by molar-refractivity contribution is 5.98. The number of hydrogen-bond acceptors (Lipinski definition) is 3. The van der Waals surface area contributed by atoms with E-state index in [0.717, 1.165) is 41.5 Å². The molecular formula is C21H22N4O2. The standard InChI is InChI=1S/C21H22N4O2/c26-19-6-2-12-25(19)13-3-9-24-21(27)16-5-1-4-15(14-16)17-7-10-22-20-18(17)8-11-23-20/h1,4-5,7-8,10-11,14H,2-3,6,9,12-13H2,(H,22,23)(H,24,27). The molecule has 0 spiro atoms. The van der Waals surface area contributed by atoms with Gasteiger partial charge in [-0.1, -0.05) is 12.1 Å². The predicted molar refractivity (Wildman–Crippen MR) is 104 cm³/mol. The summed E-state index contributed by atoms with van der Waals surface area (Å²) in [6.45, 7) is 2.11. The molecule has 1 fully saturated rings. The molecule has 0 atom stereocenters. The fourth-order valence-corrected chi connectivity index (χ4v) is 3.55. The van der Waals surface area contributed by atoms with Gasteiger partial charge in [-0.05, 0) is 48.2 Å². The molecule has 2 amide bonds. The van der Waals surface area contributed by atoms with Gasteiger partial charge >= 0.3 is 0 Å². The van der Waals surface area contributed by atoms with Crippen LogP contribution in [-0.4, -0.2) is 46.3 Å². The zero-order chi connectivity index (χ0) is 18.6. The Hall–Kier alpha value is -3.15. The van der Waals surface area contributed by atoms with Crippen molar-refractivity contribution in [1.29, 1.82) is 0 Å². The number of rotatable bonds is 6. The topological polar surface area (TPSA) is 78.1 Å². The summed E-state index contributed by atoms with van der Waals surface area (Å²) in [6.07, 6.45) is 6.00. The van der Waals surface area contributed by atoms with E-state index in [0.29, 0.717) is 25.1 Å². The first-order valence-electron chi connectivity index (χ1n) is 9.31. The number of hydrogen-bond donors (Lipinski definition) is 2. The Labute approximate surface area is 157 Å². The first-order valence-corrected chi connectivity index (χ1v) is 9.31. The normalized spacial score (nSPS) is 14.1. The van der Waals surface area contributed by atoms with Gasteiger partial charge < -0.3 is 15.2 Å². The number of aromatic amines is 1. The fraction of sp³-hybridized carbons (Fsp3) is 0.286. The first kappa shape index (κ1) is 17.3. The quantitative estimate of drug-likeness (QED) is 0.662. The predicted octanol–water partition coefficient (Wildman–Crippen LogP) is 2.97. The number of likely N-dealkylation sites (tertiary alicyclic amines) is 1. The van der Waals surface area contributed by atoms with E-state index < -0.39 is 0 Å². The van der Waals surface area contributed by atoms with E-state index >= 15 is 0 Å². The summed E-state index contributed by atoms with van der Waals surface area (Å²) in [5.41, 5.74) is 3.49. The van der Waals surface area contributed by atoms with Crippen molar-refractivity contribution in [2.45, 2.75) is 19.3 Å². The van der Waals surface area contributed by atoms with Crippen LogP contribution in [0.4, 0.5) is 0 Å². The molecule has 0 saturated carbocycles. The van der Waals surface area contributed by atoms with Crippen LogP contribution < -0.4 is 5.32 Å². The zero-order valence-corrected chi connectivity index (χ0v) is 15.1. The van der Waals surface area contributed by atoms with Gasteiger partial charge in [0.1, 0.15) is 5.65 Å². The smallest absolute Gasteiger partial charge is 0.251 e. The molecule has 1 aliphatic rings. The number of carbonyl (C=O) groups is 2. The molecule has 0 unspecified atom stereocenters. The molecule has 0 aliphatic carbocycles. The van der Waals surface area contributed by atoms with E-state index in [9.17, 15) is 9.59 Å². The van der Waals surface area contributed by atoms with Gasteiger partial charge in [0, 0.05) is 49.4 Å². The van der Waals surface area contributed by atoms with E-state index in [1.165, 1.54) is 0 Å². The van der Waals surface area contributed by atoms with Gasteiger partial charge in [-0.25, -0.2) is 4.98 Å². The molecule has 6 nitrogen and oxygen atoms in total. The molecule has 1 aliphatic heterocycles. The maximum atomic E-state index is 12.5. The van der Waals surface area contributed by atoms with Crippen LogP contribution in [0.2, 0.25) is 0 Å². The van der Waals surface area contributed by atoms with Crippen LogP contribution in [-0.2, 0) is 4.79 Å². The third kappa shape index (κ3) is 3.69. The maximum Gasteiger partial charge on any atom is 0.251 e. The van der Waals surface area contributed by atoms with Crippen LogP contribution in [0, 0.1) is 0 Å². The highest BCUT2D eigenvalue weighted by Gasteiger charge is 2.19. The molecule has 3 aromatic rings. The zero-order valence-electron chi connectivity index (χ0n) is 15.1. The van der Waals surface area contributed by atoms with Crippen molar-refractivity contribution >= 4 is 22.8 Å². The van der Waals surface area contributed by atoms with Crippen molar-refractivity contribution in [1.82, 2.24) is 20.2 Å². The van der Waals surface area contributed by atoms with Crippen molar-refractivity contribution in [3.8, 4) is 11.1 Å². The van der Waals surface area contributed by atoms with Gasteiger partial charge in [-0.15, -0.1) is 0 Å². The number of benzene rings is 1. The third-order valence-electron chi connectivity index (χ3n) is 4.96. The number of pyridine rings is 1. The second kappa shape index (κ2) is 7.61. The second-order valence-electron chi connectivity index (χ2n) is 6.77. The first-order chi connectivity index (χ1) is 13.2. The van der Waals surface area contributed by atoms with Gasteiger partial charge in [0.2, 0.25) is 5.91 Å². The van der Waals surface area contributed by atoms with Crippen LogP contribution in [0.15, 0.2) is 48.8 Å². The monoisotopic (exact) mass is 362 g/mol. The number of fused-ring (bicyclic) bond motifs is 1. The molecule has 1 aromatic carbocycles. The molecule has 0 bridgehead atoms. The van der Waals surface area contributed by atoms with Crippen LogP contribution >= 0.6 is 0 Å². The van der Waals surface area contributed by atoms with E-state index in [-0.39, 0.29) is 11.8 Å². The number of carbonyl (C=O) groups excluding carboxylic acids is 2. The summed E-state index contributed by atoms with van der Waals surface area (Å²) < 4.78 is 0. The fourth-order valence-electron chi connectivity index (χ4n) is 3.55. The molecule has 6 heteroatoms. The number of nitrogens with one attached hydrogen (secondary N) is 2. The largest absolute Gasteiger partial charge is 0.352 e.